The summed E-state index contributed by atoms with van der Waals surface area (Å²) in [7, 11) is 0. The Morgan fingerprint density at radius 2 is 1.97 bits per heavy atom. The molecule has 0 spiro atoms. The van der Waals surface area contributed by atoms with Crippen molar-refractivity contribution >= 4 is 33.8 Å². The molecule has 172 valence electrons. The Kier molecular flexibility index (Phi) is 7.16. The summed E-state index contributed by atoms with van der Waals surface area (Å²) in [6, 6.07) is 14.3. The second-order valence-corrected chi connectivity index (χ2v) is 8.42. The first-order valence-corrected chi connectivity index (χ1v) is 11.6. The van der Waals surface area contributed by atoms with Crippen LogP contribution in [0.1, 0.15) is 6.92 Å². The van der Waals surface area contributed by atoms with E-state index in [0.29, 0.717) is 23.0 Å². The van der Waals surface area contributed by atoms with Gasteiger partial charge in [-0.25, -0.2) is 4.98 Å². The Bertz CT molecular complexity index is 1130. The van der Waals surface area contributed by atoms with Crippen LogP contribution in [0.15, 0.2) is 53.9 Å². The molecule has 3 aromatic rings. The maximum absolute atomic E-state index is 12.6. The molecular formula is C23H25N5O4S. The number of benzene rings is 2. The fourth-order valence-electron chi connectivity index (χ4n) is 3.75. The van der Waals surface area contributed by atoms with Gasteiger partial charge in [0.25, 0.3) is 5.69 Å². The molecule has 0 aliphatic carbocycles. The Hall–Kier alpha value is -3.50. The number of nitrogens with zero attached hydrogens (tertiary/aromatic N) is 4. The van der Waals surface area contributed by atoms with Gasteiger partial charge in [0.05, 0.1) is 29.5 Å². The van der Waals surface area contributed by atoms with Gasteiger partial charge in [0, 0.05) is 49.3 Å². The number of carbonyl (C=O) groups is 1. The molecule has 1 saturated heterocycles. The van der Waals surface area contributed by atoms with Crippen LogP contribution >= 0.6 is 11.3 Å². The average Bonchev–Trinajstić information content (AvgIpc) is 3.29. The van der Waals surface area contributed by atoms with Crippen molar-refractivity contribution in [1.29, 1.82) is 0 Å². The summed E-state index contributed by atoms with van der Waals surface area (Å²) in [5.74, 6) is 0.757. The quantitative estimate of drug-likeness (QED) is 0.396. The highest BCUT2D eigenvalue weighted by molar-refractivity contribution is 7.14. The van der Waals surface area contributed by atoms with Crippen LogP contribution < -0.4 is 15.0 Å². The molecule has 9 nitrogen and oxygen atoms in total. The molecule has 0 bridgehead atoms. The first-order chi connectivity index (χ1) is 16.0. The molecule has 33 heavy (non-hydrogen) atoms. The highest BCUT2D eigenvalue weighted by atomic mass is 32.1. The molecule has 10 heteroatoms. The van der Waals surface area contributed by atoms with Gasteiger partial charge >= 0.3 is 0 Å². The number of ether oxygens (including phenoxy) is 1. The Morgan fingerprint density at radius 3 is 2.73 bits per heavy atom. The van der Waals surface area contributed by atoms with Gasteiger partial charge in [-0.15, -0.1) is 11.3 Å². The van der Waals surface area contributed by atoms with E-state index in [4.69, 9.17) is 4.74 Å². The number of nitro groups is 1. The molecule has 1 amide bonds. The van der Waals surface area contributed by atoms with Crippen molar-refractivity contribution < 1.29 is 14.5 Å². The van der Waals surface area contributed by atoms with Gasteiger partial charge in [0.2, 0.25) is 5.91 Å². The number of amides is 1. The predicted octanol–water partition coefficient (Wildman–Crippen LogP) is 3.88. The third kappa shape index (κ3) is 5.65. The standard InChI is InChI=1S/C23H25N5O4S/c1-2-32-21-9-4-3-8-20(21)27-12-10-26(11-13-27)15-22(29)25-23-24-19(16-33-23)17-6-5-7-18(14-17)28(30)31/h3-9,14,16H,2,10-13,15H2,1H3,(H,24,25,29). The molecule has 4 rings (SSSR count). The smallest absolute Gasteiger partial charge is 0.270 e. The largest absolute Gasteiger partial charge is 0.492 e. The highest BCUT2D eigenvalue weighted by Gasteiger charge is 2.21. The molecule has 1 aliphatic rings. The number of para-hydroxylation sites is 2. The van der Waals surface area contributed by atoms with Gasteiger partial charge in [-0.05, 0) is 19.1 Å². The summed E-state index contributed by atoms with van der Waals surface area (Å²) in [5.41, 5.74) is 2.33. The summed E-state index contributed by atoms with van der Waals surface area (Å²) >= 11 is 1.30. The number of nitro benzene ring substituents is 1. The molecular weight excluding hydrogens is 442 g/mol. The second kappa shape index (κ2) is 10.4. The van der Waals surface area contributed by atoms with Crippen LogP contribution in [0.4, 0.5) is 16.5 Å². The summed E-state index contributed by atoms with van der Waals surface area (Å²) in [4.78, 5) is 31.9. The van der Waals surface area contributed by atoms with Crippen molar-refractivity contribution in [3.63, 3.8) is 0 Å². The maximum atomic E-state index is 12.6. The van der Waals surface area contributed by atoms with Crippen LogP contribution in [0.5, 0.6) is 5.75 Å². The van der Waals surface area contributed by atoms with E-state index in [1.165, 1.54) is 23.5 Å². The summed E-state index contributed by atoms with van der Waals surface area (Å²) in [5, 5.41) is 16.1. The number of anilines is 2. The number of piperazine rings is 1. The third-order valence-corrected chi connectivity index (χ3v) is 6.11. The minimum Gasteiger partial charge on any atom is -0.492 e. The van der Waals surface area contributed by atoms with E-state index in [1.807, 2.05) is 25.1 Å². The number of thiazole rings is 1. The molecule has 0 unspecified atom stereocenters. The van der Waals surface area contributed by atoms with E-state index in [9.17, 15) is 14.9 Å². The number of hydrogen-bond donors (Lipinski definition) is 1. The predicted molar refractivity (Wildman–Crippen MR) is 129 cm³/mol. The van der Waals surface area contributed by atoms with Crippen LogP contribution in [0, 0.1) is 10.1 Å². The monoisotopic (exact) mass is 467 g/mol. The molecule has 1 N–H and O–H groups in total. The molecule has 1 fully saturated rings. The lowest BCUT2D eigenvalue weighted by Gasteiger charge is -2.36. The van der Waals surface area contributed by atoms with Crippen LogP contribution in [-0.4, -0.2) is 60.0 Å². The van der Waals surface area contributed by atoms with Crippen molar-refractivity contribution in [2.75, 3.05) is 49.5 Å². The van der Waals surface area contributed by atoms with Crippen LogP contribution in [0.25, 0.3) is 11.3 Å². The van der Waals surface area contributed by atoms with Crippen molar-refractivity contribution in [2.24, 2.45) is 0 Å². The molecule has 1 aromatic heterocycles. The molecule has 0 radical (unpaired) electrons. The van der Waals surface area contributed by atoms with Gasteiger partial charge in [0.1, 0.15) is 5.75 Å². The zero-order chi connectivity index (χ0) is 23.2. The van der Waals surface area contributed by atoms with Gasteiger partial charge in [-0.3, -0.25) is 19.8 Å². The van der Waals surface area contributed by atoms with Crippen LogP contribution in [0.2, 0.25) is 0 Å². The van der Waals surface area contributed by atoms with E-state index in [-0.39, 0.29) is 18.1 Å². The summed E-state index contributed by atoms with van der Waals surface area (Å²) in [6.07, 6.45) is 0. The van der Waals surface area contributed by atoms with Crippen LogP contribution in [-0.2, 0) is 4.79 Å². The highest BCUT2D eigenvalue weighted by Crippen LogP contribution is 2.29. The zero-order valence-electron chi connectivity index (χ0n) is 18.3. The number of non-ortho nitro benzene ring substituents is 1. The number of aromatic nitrogens is 1. The Morgan fingerprint density at radius 1 is 1.18 bits per heavy atom. The second-order valence-electron chi connectivity index (χ2n) is 7.56. The summed E-state index contributed by atoms with van der Waals surface area (Å²) in [6.45, 7) is 6.04. The lowest BCUT2D eigenvalue weighted by atomic mass is 10.1. The van der Waals surface area contributed by atoms with Gasteiger partial charge in [0.15, 0.2) is 5.13 Å². The van der Waals surface area contributed by atoms with E-state index < -0.39 is 4.92 Å². The normalized spacial score (nSPS) is 14.2. The fourth-order valence-corrected chi connectivity index (χ4v) is 4.48. The summed E-state index contributed by atoms with van der Waals surface area (Å²) < 4.78 is 5.74. The average molecular weight is 468 g/mol. The molecule has 2 heterocycles. The topological polar surface area (TPSA) is 101 Å². The first-order valence-electron chi connectivity index (χ1n) is 10.7. The Balaban J connectivity index is 1.30. The zero-order valence-corrected chi connectivity index (χ0v) is 19.1. The van der Waals surface area contributed by atoms with E-state index >= 15 is 0 Å². The molecule has 0 atom stereocenters. The van der Waals surface area contributed by atoms with Crippen molar-refractivity contribution in [2.45, 2.75) is 6.92 Å². The molecule has 1 aliphatic heterocycles. The van der Waals surface area contributed by atoms with E-state index in [2.05, 4.69) is 26.2 Å². The van der Waals surface area contributed by atoms with Crippen molar-refractivity contribution in [1.82, 2.24) is 9.88 Å². The minimum atomic E-state index is -0.437. The molecule has 2 aromatic carbocycles. The van der Waals surface area contributed by atoms with Gasteiger partial charge in [-0.1, -0.05) is 24.3 Å². The molecule has 0 saturated carbocycles. The van der Waals surface area contributed by atoms with Gasteiger partial charge in [-0.2, -0.15) is 0 Å². The van der Waals surface area contributed by atoms with Crippen LogP contribution in [0.3, 0.4) is 0 Å². The number of rotatable bonds is 8. The lowest BCUT2D eigenvalue weighted by Crippen LogP contribution is -2.48. The lowest BCUT2D eigenvalue weighted by molar-refractivity contribution is -0.384. The van der Waals surface area contributed by atoms with E-state index in [0.717, 1.165) is 37.6 Å². The number of carbonyl (C=O) groups excluding carboxylic acids is 1. The Labute approximate surface area is 195 Å². The van der Waals surface area contributed by atoms with Gasteiger partial charge < -0.3 is 15.0 Å². The maximum Gasteiger partial charge on any atom is 0.270 e. The number of hydrogen-bond acceptors (Lipinski definition) is 8. The van der Waals surface area contributed by atoms with Crippen molar-refractivity contribution in [3.8, 4) is 17.0 Å². The van der Waals surface area contributed by atoms with Crippen molar-refractivity contribution in [3.05, 3.63) is 64.0 Å². The SMILES string of the molecule is CCOc1ccccc1N1CCN(CC(=O)Nc2nc(-c3cccc([N+](=O)[O-])c3)cs2)CC1. The number of nitrogens with one attached hydrogen (secondary N) is 1. The minimum absolute atomic E-state index is 0.00843. The first kappa shape index (κ1) is 22.7. The van der Waals surface area contributed by atoms with E-state index in [1.54, 1.807) is 17.5 Å². The fraction of sp³-hybridized carbons (Fsp3) is 0.304. The third-order valence-electron chi connectivity index (χ3n) is 5.35.